The number of para-hydroxylation sites is 1. The zero-order chi connectivity index (χ0) is 17.2. The maximum Gasteiger partial charge on any atom is 0.0537 e. The van der Waals surface area contributed by atoms with E-state index in [2.05, 4.69) is 42.0 Å². The Hall–Kier alpha value is -2.54. The number of aromatic nitrogens is 1. The summed E-state index contributed by atoms with van der Waals surface area (Å²) in [5, 5.41) is 2.09. The molecule has 0 bridgehead atoms. The highest BCUT2D eigenvalue weighted by Gasteiger charge is 2.10. The number of nitrogens with zero attached hydrogens (tertiary/aromatic N) is 1. The Morgan fingerprint density at radius 1 is 1.00 bits per heavy atom. The van der Waals surface area contributed by atoms with Crippen LogP contribution in [0, 0.1) is 0 Å². The van der Waals surface area contributed by atoms with Gasteiger partial charge >= 0.3 is 0 Å². The van der Waals surface area contributed by atoms with E-state index in [0.29, 0.717) is 0 Å². The predicted molar refractivity (Wildman–Crippen MR) is 106 cm³/mol. The maximum atomic E-state index is 4.28. The first kappa shape index (κ1) is 18.5. The standard InChI is InChI=1S/C20H21N.C2H6/c1-5-8-15-19-16(4)21(17-13-10-9-11-14-17)20(12-6-2)18(19)7-3;1-2/h5-15H,3-4H2,1-2H3;1-2H3/b8-5-,12-6-,19-15+;. The highest BCUT2D eigenvalue weighted by molar-refractivity contribution is 5.67. The molecule has 0 atom stereocenters. The van der Waals surface area contributed by atoms with Crippen LogP contribution in [0.15, 0.2) is 55.1 Å². The Morgan fingerprint density at radius 2 is 1.65 bits per heavy atom. The first-order chi connectivity index (χ1) is 11.2. The molecule has 2 rings (SSSR count). The van der Waals surface area contributed by atoms with Crippen molar-refractivity contribution in [2.45, 2.75) is 27.7 Å². The van der Waals surface area contributed by atoms with Crippen molar-refractivity contribution in [3.8, 4) is 5.69 Å². The molecule has 1 aromatic heterocycles. The number of hydrogen-bond donors (Lipinski definition) is 0. The summed E-state index contributed by atoms with van der Waals surface area (Å²) in [5.41, 5.74) is 3.33. The molecule has 1 heteroatoms. The van der Waals surface area contributed by atoms with Crippen LogP contribution in [0.5, 0.6) is 0 Å². The van der Waals surface area contributed by atoms with Gasteiger partial charge in [-0.2, -0.15) is 0 Å². The number of allylic oxidation sites excluding steroid dienone is 3. The fraction of sp³-hybridized carbons (Fsp3) is 0.182. The first-order valence-electron chi connectivity index (χ1n) is 8.11. The van der Waals surface area contributed by atoms with Gasteiger partial charge < -0.3 is 4.57 Å². The lowest BCUT2D eigenvalue weighted by molar-refractivity contribution is 1.02. The van der Waals surface area contributed by atoms with Gasteiger partial charge in [-0.1, -0.05) is 75.6 Å². The van der Waals surface area contributed by atoms with Crippen LogP contribution in [0.1, 0.15) is 39.0 Å². The lowest BCUT2D eigenvalue weighted by atomic mass is 10.1. The minimum atomic E-state index is 0.974. The summed E-state index contributed by atoms with van der Waals surface area (Å²) in [7, 11) is 0. The molecule has 0 fully saturated rings. The minimum Gasteiger partial charge on any atom is -0.310 e. The summed E-state index contributed by atoms with van der Waals surface area (Å²) in [6.07, 6.45) is 12.2. The Morgan fingerprint density at radius 3 is 2.17 bits per heavy atom. The van der Waals surface area contributed by atoms with Crippen LogP contribution in [0.2, 0.25) is 0 Å². The second-order valence-electron chi connectivity index (χ2n) is 4.73. The SMILES string of the molecule is C=Cc1c(/C=C\C)n(-c2ccccc2)c(=C)/c1=C\C=C/C.CC. The van der Waals surface area contributed by atoms with E-state index in [4.69, 9.17) is 0 Å². The van der Waals surface area contributed by atoms with Gasteiger partial charge in [0, 0.05) is 21.8 Å². The molecule has 0 N–H and O–H groups in total. The average Bonchev–Trinajstić information content (AvgIpc) is 2.87. The van der Waals surface area contributed by atoms with Gasteiger partial charge in [-0.3, -0.25) is 0 Å². The number of hydrogen-bond acceptors (Lipinski definition) is 0. The van der Waals surface area contributed by atoms with Crippen LogP contribution in [-0.4, -0.2) is 4.57 Å². The zero-order valence-corrected chi connectivity index (χ0v) is 14.7. The molecular weight excluding hydrogens is 278 g/mol. The monoisotopic (exact) mass is 305 g/mol. The molecule has 0 aliphatic rings. The molecule has 0 saturated carbocycles. The fourth-order valence-corrected chi connectivity index (χ4v) is 2.47. The van der Waals surface area contributed by atoms with Crippen LogP contribution in [0.4, 0.5) is 0 Å². The highest BCUT2D eigenvalue weighted by atomic mass is 15.0. The van der Waals surface area contributed by atoms with E-state index in [1.165, 1.54) is 0 Å². The molecule has 0 amide bonds. The smallest absolute Gasteiger partial charge is 0.0537 e. The Bertz CT molecular complexity index is 787. The lowest BCUT2D eigenvalue weighted by Crippen LogP contribution is -2.27. The van der Waals surface area contributed by atoms with E-state index in [9.17, 15) is 0 Å². The van der Waals surface area contributed by atoms with Crippen LogP contribution in [-0.2, 0) is 0 Å². The molecule has 23 heavy (non-hydrogen) atoms. The van der Waals surface area contributed by atoms with Crippen LogP contribution in [0.3, 0.4) is 0 Å². The van der Waals surface area contributed by atoms with Gasteiger partial charge in [0.25, 0.3) is 0 Å². The minimum absolute atomic E-state index is 0.974. The van der Waals surface area contributed by atoms with Gasteiger partial charge in [-0.25, -0.2) is 0 Å². The van der Waals surface area contributed by atoms with Crippen molar-refractivity contribution < 1.29 is 0 Å². The molecule has 2 aromatic rings. The predicted octanol–water partition coefficient (Wildman–Crippen LogP) is 4.95. The lowest BCUT2D eigenvalue weighted by Gasteiger charge is -2.07. The Labute approximate surface area is 140 Å². The van der Waals surface area contributed by atoms with Crippen molar-refractivity contribution in [1.82, 2.24) is 4.57 Å². The molecule has 1 heterocycles. The van der Waals surface area contributed by atoms with E-state index in [0.717, 1.165) is 27.5 Å². The van der Waals surface area contributed by atoms with Gasteiger partial charge in [-0.05, 0) is 32.1 Å². The van der Waals surface area contributed by atoms with Crippen molar-refractivity contribution in [3.05, 3.63) is 77.0 Å². The molecule has 0 radical (unpaired) electrons. The zero-order valence-electron chi connectivity index (χ0n) is 14.7. The summed E-state index contributed by atoms with van der Waals surface area (Å²) in [4.78, 5) is 0. The molecule has 1 nitrogen and oxygen atoms in total. The maximum absolute atomic E-state index is 4.28. The van der Waals surface area contributed by atoms with Gasteiger partial charge in [0.2, 0.25) is 0 Å². The largest absolute Gasteiger partial charge is 0.310 e. The van der Waals surface area contributed by atoms with Gasteiger partial charge in [-0.15, -0.1) is 0 Å². The van der Waals surface area contributed by atoms with E-state index < -0.39 is 0 Å². The fourth-order valence-electron chi connectivity index (χ4n) is 2.47. The van der Waals surface area contributed by atoms with Crippen LogP contribution in [0.25, 0.3) is 30.5 Å². The Balaban J connectivity index is 0.00000127. The van der Waals surface area contributed by atoms with Crippen molar-refractivity contribution >= 4 is 24.8 Å². The molecular formula is C22H27N. The third-order valence-corrected chi connectivity index (χ3v) is 3.39. The quantitative estimate of drug-likeness (QED) is 0.753. The summed E-state index contributed by atoms with van der Waals surface area (Å²) in [6.45, 7) is 16.3. The number of benzene rings is 1. The third kappa shape index (κ3) is 4.01. The summed E-state index contributed by atoms with van der Waals surface area (Å²) in [6, 6.07) is 10.3. The molecule has 0 unspecified atom stereocenters. The van der Waals surface area contributed by atoms with Gasteiger partial charge in [0.05, 0.1) is 5.69 Å². The van der Waals surface area contributed by atoms with Crippen LogP contribution >= 0.6 is 0 Å². The van der Waals surface area contributed by atoms with E-state index in [1.807, 2.05) is 70.2 Å². The molecule has 0 saturated heterocycles. The van der Waals surface area contributed by atoms with Crippen molar-refractivity contribution in [3.63, 3.8) is 0 Å². The molecule has 0 aliphatic carbocycles. The molecule has 1 aromatic carbocycles. The third-order valence-electron chi connectivity index (χ3n) is 3.39. The summed E-state index contributed by atoms with van der Waals surface area (Å²) >= 11 is 0. The Kier molecular flexibility index (Phi) is 7.62. The summed E-state index contributed by atoms with van der Waals surface area (Å²) < 4.78 is 2.17. The van der Waals surface area contributed by atoms with Crippen molar-refractivity contribution in [1.29, 1.82) is 0 Å². The second kappa shape index (κ2) is 9.47. The van der Waals surface area contributed by atoms with Crippen LogP contribution < -0.4 is 10.6 Å². The topological polar surface area (TPSA) is 4.93 Å². The van der Waals surface area contributed by atoms with Gasteiger partial charge in [0.1, 0.15) is 0 Å². The van der Waals surface area contributed by atoms with Crippen molar-refractivity contribution in [2.24, 2.45) is 0 Å². The van der Waals surface area contributed by atoms with E-state index >= 15 is 0 Å². The van der Waals surface area contributed by atoms with E-state index in [-0.39, 0.29) is 0 Å². The van der Waals surface area contributed by atoms with Crippen molar-refractivity contribution in [2.75, 3.05) is 0 Å². The number of rotatable bonds is 4. The molecule has 120 valence electrons. The molecule has 0 aliphatic heterocycles. The first-order valence-corrected chi connectivity index (χ1v) is 8.11. The van der Waals surface area contributed by atoms with Gasteiger partial charge in [0.15, 0.2) is 0 Å². The van der Waals surface area contributed by atoms with E-state index in [1.54, 1.807) is 0 Å². The second-order valence-corrected chi connectivity index (χ2v) is 4.73. The average molecular weight is 305 g/mol. The summed E-state index contributed by atoms with van der Waals surface area (Å²) in [5.74, 6) is 0. The highest BCUT2D eigenvalue weighted by Crippen LogP contribution is 2.14. The normalized spacial score (nSPS) is 11.7. The molecule has 0 spiro atoms.